The van der Waals surface area contributed by atoms with Crippen LogP contribution in [0.15, 0.2) is 22.7 Å². The summed E-state index contributed by atoms with van der Waals surface area (Å²) in [4.78, 5) is 14.3. The number of amides is 1. The van der Waals surface area contributed by atoms with Gasteiger partial charge in [0.25, 0.3) is 5.91 Å². The van der Waals surface area contributed by atoms with Crippen LogP contribution in [0.3, 0.4) is 0 Å². The number of ether oxygens (including phenoxy) is 1. The molecule has 0 bridgehead atoms. The van der Waals surface area contributed by atoms with E-state index in [-0.39, 0.29) is 12.0 Å². The van der Waals surface area contributed by atoms with Crippen LogP contribution in [0.4, 0.5) is 0 Å². The van der Waals surface area contributed by atoms with Gasteiger partial charge in [0, 0.05) is 24.2 Å². The van der Waals surface area contributed by atoms with Crippen molar-refractivity contribution in [3.8, 4) is 0 Å². The molecule has 1 aromatic carbocycles. The number of nitrogens with zero attached hydrogens (tertiary/aromatic N) is 1. The Morgan fingerprint density at radius 3 is 2.81 bits per heavy atom. The molecule has 116 valence electrons. The van der Waals surface area contributed by atoms with Gasteiger partial charge in [-0.1, -0.05) is 17.7 Å². The van der Waals surface area contributed by atoms with Crippen molar-refractivity contribution in [3.05, 3.63) is 33.3 Å². The van der Waals surface area contributed by atoms with Crippen LogP contribution in [0.25, 0.3) is 0 Å². The first-order chi connectivity index (χ1) is 10.1. The third kappa shape index (κ3) is 4.42. The Labute approximate surface area is 138 Å². The van der Waals surface area contributed by atoms with E-state index in [4.69, 9.17) is 22.1 Å². The SMILES string of the molecule is NCCCOC1CCN(C(=O)c2cccc(Br)c2Cl)CC1. The van der Waals surface area contributed by atoms with Crippen LogP contribution in [0.1, 0.15) is 29.6 Å². The fourth-order valence-corrected chi connectivity index (χ4v) is 2.97. The molecule has 1 aromatic rings. The van der Waals surface area contributed by atoms with Gasteiger partial charge < -0.3 is 15.4 Å². The Morgan fingerprint density at radius 1 is 1.43 bits per heavy atom. The van der Waals surface area contributed by atoms with Gasteiger partial charge in [0.05, 0.1) is 16.7 Å². The highest BCUT2D eigenvalue weighted by atomic mass is 79.9. The van der Waals surface area contributed by atoms with Crippen LogP contribution in [-0.4, -0.2) is 43.2 Å². The predicted octanol–water partition coefficient (Wildman–Crippen LogP) is 3.07. The maximum absolute atomic E-state index is 12.5. The number of carbonyl (C=O) groups is 1. The average Bonchev–Trinajstić information content (AvgIpc) is 2.50. The van der Waals surface area contributed by atoms with Gasteiger partial charge in [-0.25, -0.2) is 0 Å². The van der Waals surface area contributed by atoms with E-state index in [0.29, 0.717) is 36.8 Å². The van der Waals surface area contributed by atoms with Gasteiger partial charge in [-0.05, 0) is 53.9 Å². The smallest absolute Gasteiger partial charge is 0.255 e. The largest absolute Gasteiger partial charge is 0.378 e. The summed E-state index contributed by atoms with van der Waals surface area (Å²) in [6, 6.07) is 5.42. The van der Waals surface area contributed by atoms with E-state index in [1.54, 1.807) is 6.07 Å². The monoisotopic (exact) mass is 374 g/mol. The lowest BCUT2D eigenvalue weighted by Gasteiger charge is -2.32. The van der Waals surface area contributed by atoms with E-state index < -0.39 is 0 Å². The van der Waals surface area contributed by atoms with E-state index in [0.717, 1.165) is 23.7 Å². The van der Waals surface area contributed by atoms with E-state index >= 15 is 0 Å². The molecule has 0 saturated carbocycles. The lowest BCUT2D eigenvalue weighted by atomic mass is 10.1. The highest BCUT2D eigenvalue weighted by Gasteiger charge is 2.25. The van der Waals surface area contributed by atoms with Crippen molar-refractivity contribution >= 4 is 33.4 Å². The number of likely N-dealkylation sites (tertiary alicyclic amines) is 1. The molecule has 1 amide bonds. The number of hydrogen-bond acceptors (Lipinski definition) is 3. The molecule has 21 heavy (non-hydrogen) atoms. The van der Waals surface area contributed by atoms with Crippen LogP contribution < -0.4 is 5.73 Å². The number of halogens is 2. The minimum Gasteiger partial charge on any atom is -0.378 e. The lowest BCUT2D eigenvalue weighted by molar-refractivity contribution is 0.00845. The fourth-order valence-electron chi connectivity index (χ4n) is 2.40. The zero-order valence-electron chi connectivity index (χ0n) is 11.9. The molecule has 0 aromatic heterocycles. The molecule has 0 unspecified atom stereocenters. The van der Waals surface area contributed by atoms with Crippen LogP contribution in [0, 0.1) is 0 Å². The average molecular weight is 376 g/mol. The van der Waals surface area contributed by atoms with Crippen molar-refractivity contribution < 1.29 is 9.53 Å². The standard InChI is InChI=1S/C15H20BrClN2O2/c16-13-4-1-3-12(14(13)17)15(20)19-8-5-11(6-9-19)21-10-2-7-18/h1,3-4,11H,2,5-10,18H2. The third-order valence-electron chi connectivity index (χ3n) is 3.61. The Kier molecular flexibility index (Phi) is 6.48. The number of hydrogen-bond donors (Lipinski definition) is 1. The molecule has 0 aliphatic carbocycles. The second kappa shape index (κ2) is 8.13. The van der Waals surface area contributed by atoms with Gasteiger partial charge in [-0.2, -0.15) is 0 Å². The highest BCUT2D eigenvalue weighted by molar-refractivity contribution is 9.10. The van der Waals surface area contributed by atoms with E-state index in [2.05, 4.69) is 15.9 Å². The number of rotatable bonds is 5. The van der Waals surface area contributed by atoms with Crippen LogP contribution >= 0.6 is 27.5 Å². The minimum atomic E-state index is -0.0123. The second-order valence-corrected chi connectivity index (χ2v) is 6.34. The Hall–Kier alpha value is -0.620. The molecular formula is C15H20BrClN2O2. The van der Waals surface area contributed by atoms with Gasteiger partial charge in [0.15, 0.2) is 0 Å². The fraction of sp³-hybridized carbons (Fsp3) is 0.533. The predicted molar refractivity (Wildman–Crippen MR) is 87.7 cm³/mol. The summed E-state index contributed by atoms with van der Waals surface area (Å²) in [6.07, 6.45) is 2.84. The zero-order valence-corrected chi connectivity index (χ0v) is 14.2. The van der Waals surface area contributed by atoms with Gasteiger partial charge in [0.2, 0.25) is 0 Å². The molecule has 0 atom stereocenters. The van der Waals surface area contributed by atoms with Crippen molar-refractivity contribution in [3.63, 3.8) is 0 Å². The van der Waals surface area contributed by atoms with E-state index in [1.807, 2.05) is 17.0 Å². The van der Waals surface area contributed by atoms with Crippen molar-refractivity contribution in [2.24, 2.45) is 5.73 Å². The summed E-state index contributed by atoms with van der Waals surface area (Å²) in [7, 11) is 0. The van der Waals surface area contributed by atoms with Crippen LogP contribution in [0.2, 0.25) is 5.02 Å². The molecule has 1 fully saturated rings. The summed E-state index contributed by atoms with van der Waals surface area (Å²) in [5.74, 6) is -0.0123. The van der Waals surface area contributed by atoms with E-state index in [1.165, 1.54) is 0 Å². The first-order valence-corrected chi connectivity index (χ1v) is 8.35. The van der Waals surface area contributed by atoms with Crippen LogP contribution in [0.5, 0.6) is 0 Å². The molecule has 1 saturated heterocycles. The third-order valence-corrected chi connectivity index (χ3v) is 4.91. The normalized spacial score (nSPS) is 16.2. The molecular weight excluding hydrogens is 356 g/mol. The van der Waals surface area contributed by atoms with Gasteiger partial charge in [-0.15, -0.1) is 0 Å². The Morgan fingerprint density at radius 2 is 2.14 bits per heavy atom. The summed E-state index contributed by atoms with van der Waals surface area (Å²) >= 11 is 9.54. The van der Waals surface area contributed by atoms with Crippen molar-refractivity contribution in [2.45, 2.75) is 25.4 Å². The number of piperidine rings is 1. The molecule has 1 aliphatic heterocycles. The summed E-state index contributed by atoms with van der Waals surface area (Å²) in [6.45, 7) is 2.76. The number of benzene rings is 1. The van der Waals surface area contributed by atoms with Gasteiger partial charge in [-0.3, -0.25) is 4.79 Å². The summed E-state index contributed by atoms with van der Waals surface area (Å²) in [5, 5.41) is 0.476. The Bertz CT molecular complexity index is 491. The molecule has 2 N–H and O–H groups in total. The molecule has 6 heteroatoms. The minimum absolute atomic E-state index is 0.0123. The molecule has 1 heterocycles. The van der Waals surface area contributed by atoms with Crippen molar-refractivity contribution in [1.82, 2.24) is 4.90 Å². The van der Waals surface area contributed by atoms with Gasteiger partial charge in [0.1, 0.15) is 0 Å². The zero-order chi connectivity index (χ0) is 15.2. The van der Waals surface area contributed by atoms with Crippen molar-refractivity contribution in [2.75, 3.05) is 26.2 Å². The quantitative estimate of drug-likeness (QED) is 0.805. The summed E-state index contributed by atoms with van der Waals surface area (Å²) < 4.78 is 6.49. The maximum Gasteiger partial charge on any atom is 0.255 e. The molecule has 2 rings (SSSR count). The molecule has 0 radical (unpaired) electrons. The first kappa shape index (κ1) is 16.7. The topological polar surface area (TPSA) is 55.6 Å². The molecule has 4 nitrogen and oxygen atoms in total. The number of nitrogens with two attached hydrogens (primary N) is 1. The highest BCUT2D eigenvalue weighted by Crippen LogP contribution is 2.28. The van der Waals surface area contributed by atoms with E-state index in [9.17, 15) is 4.79 Å². The Balaban J connectivity index is 1.90. The first-order valence-electron chi connectivity index (χ1n) is 7.18. The van der Waals surface area contributed by atoms with Gasteiger partial charge >= 0.3 is 0 Å². The second-order valence-electron chi connectivity index (χ2n) is 5.11. The molecule has 1 aliphatic rings. The van der Waals surface area contributed by atoms with Crippen molar-refractivity contribution in [1.29, 1.82) is 0 Å². The van der Waals surface area contributed by atoms with Crippen LogP contribution in [-0.2, 0) is 4.74 Å². The molecule has 0 spiro atoms. The maximum atomic E-state index is 12.5. The lowest BCUT2D eigenvalue weighted by Crippen LogP contribution is -2.41. The number of carbonyl (C=O) groups excluding carboxylic acids is 1. The summed E-state index contributed by atoms with van der Waals surface area (Å²) in [5.41, 5.74) is 6.00.